The Hall–Kier alpha value is -1.52. The van der Waals surface area contributed by atoms with Crippen molar-refractivity contribution in [1.82, 2.24) is 0 Å². The lowest BCUT2D eigenvalue weighted by Crippen LogP contribution is -2.30. The number of ether oxygens (including phenoxy) is 1. The fourth-order valence-corrected chi connectivity index (χ4v) is 2.91. The van der Waals surface area contributed by atoms with Crippen LogP contribution in [0, 0.1) is 5.92 Å². The van der Waals surface area contributed by atoms with E-state index >= 15 is 0 Å². The number of carbonyl (C=O) groups is 1. The number of hydrogen-bond acceptors (Lipinski definition) is 2. The predicted molar refractivity (Wildman–Crippen MR) is 72.9 cm³/mol. The van der Waals surface area contributed by atoms with Crippen molar-refractivity contribution >= 4 is 5.97 Å². The normalized spacial score (nSPS) is 22.9. The van der Waals surface area contributed by atoms with Crippen LogP contribution in [-0.4, -0.2) is 12.1 Å². The van der Waals surface area contributed by atoms with E-state index in [4.69, 9.17) is 4.74 Å². The number of esters is 1. The van der Waals surface area contributed by atoms with Crippen LogP contribution in [-0.2, 0) is 10.9 Å². The van der Waals surface area contributed by atoms with Crippen LogP contribution in [0.15, 0.2) is 24.3 Å². The number of rotatable bonds is 3. The summed E-state index contributed by atoms with van der Waals surface area (Å²) < 4.78 is 44.1. The zero-order valence-corrected chi connectivity index (χ0v) is 12.0. The van der Waals surface area contributed by atoms with E-state index in [0.717, 1.165) is 38.2 Å². The average Bonchev–Trinajstić information content (AvgIpc) is 2.47. The van der Waals surface area contributed by atoms with E-state index in [1.54, 1.807) is 0 Å². The smallest absolute Gasteiger partial charge is 0.417 e. The van der Waals surface area contributed by atoms with E-state index in [0.29, 0.717) is 0 Å². The zero-order valence-electron chi connectivity index (χ0n) is 12.0. The summed E-state index contributed by atoms with van der Waals surface area (Å²) in [6, 6.07) is 4.78. The highest BCUT2D eigenvalue weighted by Gasteiger charge is 2.36. The van der Waals surface area contributed by atoms with Crippen molar-refractivity contribution < 1.29 is 22.7 Å². The van der Waals surface area contributed by atoms with Crippen molar-refractivity contribution in [2.24, 2.45) is 5.92 Å². The highest BCUT2D eigenvalue weighted by atomic mass is 19.4. The Balaban J connectivity index is 2.17. The topological polar surface area (TPSA) is 26.3 Å². The van der Waals surface area contributed by atoms with Crippen molar-refractivity contribution in [2.75, 3.05) is 0 Å². The minimum Gasteiger partial charge on any atom is -0.458 e. The van der Waals surface area contributed by atoms with Gasteiger partial charge in [0.15, 0.2) is 0 Å². The minimum absolute atomic E-state index is 0.251. The van der Waals surface area contributed by atoms with Gasteiger partial charge in [0.2, 0.25) is 0 Å². The van der Waals surface area contributed by atoms with E-state index in [2.05, 4.69) is 0 Å². The third-order valence-corrected chi connectivity index (χ3v) is 4.07. The third-order valence-electron chi connectivity index (χ3n) is 4.07. The fraction of sp³-hybridized carbons (Fsp3) is 0.562. The number of halogens is 3. The van der Waals surface area contributed by atoms with Crippen LogP contribution in [0.3, 0.4) is 0 Å². The average molecular weight is 300 g/mol. The van der Waals surface area contributed by atoms with Crippen LogP contribution in [0.4, 0.5) is 13.2 Å². The van der Waals surface area contributed by atoms with Gasteiger partial charge in [-0.25, -0.2) is 4.79 Å². The predicted octanol–water partition coefficient (Wildman–Crippen LogP) is 4.83. The van der Waals surface area contributed by atoms with Crippen LogP contribution >= 0.6 is 0 Å². The molecule has 1 fully saturated rings. The molecule has 0 radical (unpaired) electrons. The molecule has 0 aliphatic heterocycles. The van der Waals surface area contributed by atoms with E-state index in [-0.39, 0.29) is 12.0 Å². The quantitative estimate of drug-likeness (QED) is 0.747. The van der Waals surface area contributed by atoms with Gasteiger partial charge in [0.25, 0.3) is 0 Å². The minimum atomic E-state index is -4.55. The molecule has 0 N–H and O–H groups in total. The molecule has 0 bridgehead atoms. The van der Waals surface area contributed by atoms with Crippen LogP contribution in [0.2, 0.25) is 0 Å². The summed E-state index contributed by atoms with van der Waals surface area (Å²) >= 11 is 0. The van der Waals surface area contributed by atoms with Gasteiger partial charge in [-0.15, -0.1) is 0 Å². The first kappa shape index (κ1) is 15.9. The molecule has 2 unspecified atom stereocenters. The molecule has 21 heavy (non-hydrogen) atoms. The molecular weight excluding hydrogens is 281 g/mol. The second-order valence-electron chi connectivity index (χ2n) is 5.44. The van der Waals surface area contributed by atoms with Crippen molar-refractivity contribution in [3.63, 3.8) is 0 Å². The number of hydrogen-bond donors (Lipinski definition) is 0. The fourth-order valence-electron chi connectivity index (χ4n) is 2.91. The molecular formula is C16H19F3O2. The Morgan fingerprint density at radius 1 is 1.24 bits per heavy atom. The second kappa shape index (κ2) is 6.50. The molecule has 2 rings (SSSR count). The number of carbonyl (C=O) groups excluding carboxylic acids is 1. The lowest BCUT2D eigenvalue weighted by Gasteiger charge is -2.30. The Morgan fingerprint density at radius 3 is 2.57 bits per heavy atom. The van der Waals surface area contributed by atoms with Crippen molar-refractivity contribution in [3.8, 4) is 0 Å². The van der Waals surface area contributed by atoms with Gasteiger partial charge in [0.05, 0.1) is 11.1 Å². The number of alkyl halides is 3. The molecule has 5 heteroatoms. The first-order valence-corrected chi connectivity index (χ1v) is 7.30. The highest BCUT2D eigenvalue weighted by Crippen LogP contribution is 2.34. The molecule has 0 spiro atoms. The van der Waals surface area contributed by atoms with Crippen LogP contribution in [0.1, 0.15) is 54.9 Å². The summed E-state index contributed by atoms with van der Waals surface area (Å²) in [4.78, 5) is 12.1. The van der Waals surface area contributed by atoms with Gasteiger partial charge in [-0.2, -0.15) is 13.2 Å². The highest BCUT2D eigenvalue weighted by molar-refractivity contribution is 5.91. The monoisotopic (exact) mass is 300 g/mol. The molecule has 2 nitrogen and oxygen atoms in total. The van der Waals surface area contributed by atoms with Crippen LogP contribution < -0.4 is 0 Å². The van der Waals surface area contributed by atoms with Crippen molar-refractivity contribution in [1.29, 1.82) is 0 Å². The third kappa shape index (κ3) is 3.77. The SMILES string of the molecule is CCC1CCCCC1OC(=O)c1ccccc1C(F)(F)F. The first-order valence-electron chi connectivity index (χ1n) is 7.30. The summed E-state index contributed by atoms with van der Waals surface area (Å²) in [7, 11) is 0. The van der Waals surface area contributed by atoms with Gasteiger partial charge in [-0.1, -0.05) is 25.5 Å². The summed E-state index contributed by atoms with van der Waals surface area (Å²) in [5, 5.41) is 0. The molecule has 116 valence electrons. The summed E-state index contributed by atoms with van der Waals surface area (Å²) in [6.07, 6.45) is -0.197. The van der Waals surface area contributed by atoms with E-state index in [1.807, 2.05) is 6.92 Å². The van der Waals surface area contributed by atoms with Crippen molar-refractivity contribution in [3.05, 3.63) is 35.4 Å². The van der Waals surface area contributed by atoms with E-state index in [1.165, 1.54) is 18.2 Å². The van der Waals surface area contributed by atoms with Crippen LogP contribution in [0.5, 0.6) is 0 Å². The zero-order chi connectivity index (χ0) is 15.5. The lowest BCUT2D eigenvalue weighted by atomic mass is 9.84. The maximum absolute atomic E-state index is 12.9. The Bertz CT molecular complexity index is 497. The maximum Gasteiger partial charge on any atom is 0.417 e. The van der Waals surface area contributed by atoms with E-state index < -0.39 is 23.3 Å². The van der Waals surface area contributed by atoms with Gasteiger partial charge >= 0.3 is 12.1 Å². The summed E-state index contributed by atoms with van der Waals surface area (Å²) in [6.45, 7) is 2.01. The molecule has 0 aromatic heterocycles. The lowest BCUT2D eigenvalue weighted by molar-refractivity contribution is -0.138. The largest absolute Gasteiger partial charge is 0.458 e. The van der Waals surface area contributed by atoms with Crippen molar-refractivity contribution in [2.45, 2.75) is 51.3 Å². The molecule has 1 saturated carbocycles. The molecule has 1 aliphatic carbocycles. The summed E-state index contributed by atoms with van der Waals surface area (Å²) in [5.74, 6) is -0.617. The first-order chi connectivity index (χ1) is 9.93. The number of benzene rings is 1. The Morgan fingerprint density at radius 2 is 1.90 bits per heavy atom. The molecule has 0 amide bonds. The van der Waals surface area contributed by atoms with Gasteiger partial charge in [0.1, 0.15) is 6.10 Å². The van der Waals surface area contributed by atoms with Gasteiger partial charge in [-0.3, -0.25) is 0 Å². The van der Waals surface area contributed by atoms with E-state index in [9.17, 15) is 18.0 Å². The maximum atomic E-state index is 12.9. The van der Waals surface area contributed by atoms with Gasteiger partial charge in [0, 0.05) is 0 Å². The summed E-state index contributed by atoms with van der Waals surface area (Å²) in [5.41, 5.74) is -1.33. The molecule has 0 saturated heterocycles. The Labute approximate surface area is 122 Å². The molecule has 0 heterocycles. The van der Waals surface area contributed by atoms with Gasteiger partial charge < -0.3 is 4.74 Å². The molecule has 1 aromatic carbocycles. The second-order valence-corrected chi connectivity index (χ2v) is 5.44. The van der Waals surface area contributed by atoms with Gasteiger partial charge in [-0.05, 0) is 43.7 Å². The molecule has 2 atom stereocenters. The molecule has 1 aromatic rings. The molecule has 1 aliphatic rings. The van der Waals surface area contributed by atoms with Crippen LogP contribution in [0.25, 0.3) is 0 Å². The Kier molecular flexibility index (Phi) is 4.91. The standard InChI is InChI=1S/C16H19F3O2/c1-2-11-7-3-6-10-14(11)21-15(20)12-8-4-5-9-13(12)16(17,18)19/h4-5,8-9,11,14H,2-3,6-7,10H2,1H3.